The minimum absolute atomic E-state index is 0.610. The van der Waals surface area contributed by atoms with Gasteiger partial charge in [0.2, 0.25) is 0 Å². The summed E-state index contributed by atoms with van der Waals surface area (Å²) in [5, 5.41) is 9.30. The molecule has 0 amide bonds. The number of hydrogen-bond acceptors (Lipinski definition) is 2. The van der Waals surface area contributed by atoms with E-state index in [-0.39, 0.29) is 0 Å². The van der Waals surface area contributed by atoms with E-state index in [1.54, 1.807) is 17.8 Å². The molecule has 4 nitrogen and oxygen atoms in total. The van der Waals surface area contributed by atoms with Crippen molar-refractivity contribution in [2.24, 2.45) is 0 Å². The Hall–Kier alpha value is -1.32. The van der Waals surface area contributed by atoms with Crippen LogP contribution in [0.5, 0.6) is 0 Å². The van der Waals surface area contributed by atoms with Crippen molar-refractivity contribution in [2.75, 3.05) is 0 Å². The number of rotatable bonds is 4. The highest BCUT2D eigenvalue weighted by Gasteiger charge is 2.35. The fourth-order valence-electron chi connectivity index (χ4n) is 1.81. The fraction of sp³-hybridized carbons (Fsp3) is 0.636. The Labute approximate surface area is 89.9 Å². The number of imidazole rings is 1. The number of hydrogen-bond donors (Lipinski definition) is 1. The van der Waals surface area contributed by atoms with Gasteiger partial charge in [0.15, 0.2) is 0 Å². The van der Waals surface area contributed by atoms with Crippen LogP contribution in [0.4, 0.5) is 0 Å². The second-order valence-corrected chi connectivity index (χ2v) is 4.11. The molecule has 0 spiro atoms. The minimum Gasteiger partial charge on any atom is -0.479 e. The summed E-state index contributed by atoms with van der Waals surface area (Å²) in [5.41, 5.74) is 0.937. The van der Waals surface area contributed by atoms with Crippen molar-refractivity contribution in [3.8, 4) is 0 Å². The zero-order valence-electron chi connectivity index (χ0n) is 9.74. The molecule has 1 unspecified atom stereocenters. The van der Waals surface area contributed by atoms with Crippen molar-refractivity contribution < 1.29 is 9.90 Å². The molecule has 0 saturated heterocycles. The molecule has 0 radical (unpaired) electrons. The standard InChI is InChI=1S/C11H18N2O2/c1-5-6-11(4,10(14)15)13-7-12-8(2)9(13)3/h7H,5-6H2,1-4H3,(H,14,15). The Morgan fingerprint density at radius 2 is 2.20 bits per heavy atom. The highest BCUT2D eigenvalue weighted by Crippen LogP contribution is 2.25. The summed E-state index contributed by atoms with van der Waals surface area (Å²) in [6, 6.07) is 0. The lowest BCUT2D eigenvalue weighted by Crippen LogP contribution is -2.39. The first kappa shape index (κ1) is 11.8. The van der Waals surface area contributed by atoms with E-state index in [9.17, 15) is 9.90 Å². The summed E-state index contributed by atoms with van der Waals surface area (Å²) in [6.07, 6.45) is 3.06. The van der Waals surface area contributed by atoms with Crippen LogP contribution < -0.4 is 0 Å². The van der Waals surface area contributed by atoms with Crippen molar-refractivity contribution in [1.29, 1.82) is 0 Å². The van der Waals surface area contributed by atoms with Crippen molar-refractivity contribution in [3.05, 3.63) is 17.7 Å². The summed E-state index contributed by atoms with van der Waals surface area (Å²) in [5.74, 6) is -0.801. The van der Waals surface area contributed by atoms with Gasteiger partial charge in [-0.1, -0.05) is 13.3 Å². The second-order valence-electron chi connectivity index (χ2n) is 4.11. The van der Waals surface area contributed by atoms with Gasteiger partial charge in [-0.05, 0) is 27.2 Å². The van der Waals surface area contributed by atoms with Crippen LogP contribution in [0.2, 0.25) is 0 Å². The summed E-state index contributed by atoms with van der Waals surface area (Å²) >= 11 is 0. The van der Waals surface area contributed by atoms with E-state index >= 15 is 0 Å². The van der Waals surface area contributed by atoms with E-state index in [1.807, 2.05) is 20.8 Å². The molecule has 15 heavy (non-hydrogen) atoms. The molecule has 1 aromatic rings. The Balaban J connectivity index is 3.21. The average molecular weight is 210 g/mol. The van der Waals surface area contributed by atoms with E-state index in [4.69, 9.17) is 0 Å². The first-order chi connectivity index (χ1) is 6.93. The third kappa shape index (κ3) is 1.89. The van der Waals surface area contributed by atoms with Gasteiger partial charge in [-0.3, -0.25) is 0 Å². The van der Waals surface area contributed by atoms with Gasteiger partial charge in [-0.15, -0.1) is 0 Å². The lowest BCUT2D eigenvalue weighted by atomic mass is 9.95. The van der Waals surface area contributed by atoms with Crippen molar-refractivity contribution in [2.45, 2.75) is 46.1 Å². The molecule has 0 aromatic carbocycles. The van der Waals surface area contributed by atoms with Gasteiger partial charge >= 0.3 is 5.97 Å². The second kappa shape index (κ2) is 4.04. The summed E-state index contributed by atoms with van der Waals surface area (Å²) in [6.45, 7) is 7.52. The number of aromatic nitrogens is 2. The molecule has 1 N–H and O–H groups in total. The Morgan fingerprint density at radius 3 is 2.53 bits per heavy atom. The molecule has 0 aliphatic rings. The van der Waals surface area contributed by atoms with Gasteiger partial charge in [0.1, 0.15) is 5.54 Å². The maximum absolute atomic E-state index is 11.3. The topological polar surface area (TPSA) is 55.1 Å². The monoisotopic (exact) mass is 210 g/mol. The van der Waals surface area contributed by atoms with E-state index in [0.717, 1.165) is 17.8 Å². The molecule has 1 heterocycles. The van der Waals surface area contributed by atoms with E-state index in [1.165, 1.54) is 0 Å². The third-order valence-corrected chi connectivity index (χ3v) is 2.98. The van der Waals surface area contributed by atoms with Crippen LogP contribution in [-0.2, 0) is 10.3 Å². The number of carboxylic acid groups (broad SMARTS) is 1. The number of nitrogens with zero attached hydrogens (tertiary/aromatic N) is 2. The number of carbonyl (C=O) groups is 1. The van der Waals surface area contributed by atoms with Crippen LogP contribution in [0.1, 0.15) is 38.1 Å². The molecule has 0 aliphatic heterocycles. The highest BCUT2D eigenvalue weighted by molar-refractivity contribution is 5.76. The SMILES string of the molecule is CCCC(C)(C(=O)O)n1cnc(C)c1C. The molecule has 1 rings (SSSR count). The maximum atomic E-state index is 11.3. The Morgan fingerprint density at radius 1 is 1.60 bits per heavy atom. The third-order valence-electron chi connectivity index (χ3n) is 2.98. The van der Waals surface area contributed by atoms with Crippen LogP contribution >= 0.6 is 0 Å². The molecule has 84 valence electrons. The molecule has 4 heteroatoms. The van der Waals surface area contributed by atoms with Crippen LogP contribution in [0.3, 0.4) is 0 Å². The van der Waals surface area contributed by atoms with Crippen molar-refractivity contribution >= 4 is 5.97 Å². The first-order valence-corrected chi connectivity index (χ1v) is 5.18. The van der Waals surface area contributed by atoms with Gasteiger partial charge in [-0.25, -0.2) is 9.78 Å². The molecular weight excluding hydrogens is 192 g/mol. The smallest absolute Gasteiger partial charge is 0.329 e. The van der Waals surface area contributed by atoms with Crippen molar-refractivity contribution in [3.63, 3.8) is 0 Å². The Bertz CT molecular complexity index is 371. The summed E-state index contributed by atoms with van der Waals surface area (Å²) in [7, 11) is 0. The largest absolute Gasteiger partial charge is 0.479 e. The molecule has 1 aromatic heterocycles. The van der Waals surface area contributed by atoms with E-state index in [2.05, 4.69) is 4.98 Å². The lowest BCUT2D eigenvalue weighted by Gasteiger charge is -2.27. The highest BCUT2D eigenvalue weighted by atomic mass is 16.4. The summed E-state index contributed by atoms with van der Waals surface area (Å²) in [4.78, 5) is 15.5. The van der Waals surface area contributed by atoms with Crippen LogP contribution in [-0.4, -0.2) is 20.6 Å². The van der Waals surface area contributed by atoms with Crippen LogP contribution in [0, 0.1) is 13.8 Å². The van der Waals surface area contributed by atoms with Gasteiger partial charge in [0.25, 0.3) is 0 Å². The summed E-state index contributed by atoms with van der Waals surface area (Å²) < 4.78 is 1.76. The minimum atomic E-state index is -0.875. The number of aryl methyl sites for hydroxylation is 1. The van der Waals surface area contributed by atoms with E-state index < -0.39 is 11.5 Å². The quantitative estimate of drug-likeness (QED) is 0.828. The van der Waals surface area contributed by atoms with Gasteiger partial charge < -0.3 is 9.67 Å². The van der Waals surface area contributed by atoms with E-state index in [0.29, 0.717) is 6.42 Å². The zero-order chi connectivity index (χ0) is 11.6. The molecule has 0 bridgehead atoms. The van der Waals surface area contributed by atoms with Gasteiger partial charge in [0, 0.05) is 5.69 Å². The maximum Gasteiger partial charge on any atom is 0.329 e. The number of aliphatic carboxylic acids is 1. The predicted molar refractivity (Wildman–Crippen MR) is 57.9 cm³/mol. The predicted octanol–water partition coefficient (Wildman–Crippen LogP) is 2.10. The van der Waals surface area contributed by atoms with Crippen LogP contribution in [0.25, 0.3) is 0 Å². The van der Waals surface area contributed by atoms with Crippen molar-refractivity contribution in [1.82, 2.24) is 9.55 Å². The van der Waals surface area contributed by atoms with Crippen LogP contribution in [0.15, 0.2) is 6.33 Å². The molecule has 1 atom stereocenters. The average Bonchev–Trinajstić information content (AvgIpc) is 2.48. The molecule has 0 saturated carbocycles. The molecule has 0 fully saturated rings. The van der Waals surface area contributed by atoms with Gasteiger partial charge in [0.05, 0.1) is 12.0 Å². The first-order valence-electron chi connectivity index (χ1n) is 5.18. The lowest BCUT2D eigenvalue weighted by molar-refractivity contribution is -0.147. The molecular formula is C11H18N2O2. The molecule has 0 aliphatic carbocycles. The van der Waals surface area contributed by atoms with Gasteiger partial charge in [-0.2, -0.15) is 0 Å². The normalized spacial score (nSPS) is 14.9. The number of carboxylic acids is 1. The Kier molecular flexibility index (Phi) is 3.17. The zero-order valence-corrected chi connectivity index (χ0v) is 9.74. The fourth-order valence-corrected chi connectivity index (χ4v) is 1.81.